The molecule has 0 aliphatic carbocycles. The standard InChI is InChI=1S/C16H18ClN3O5S/c1-10-15(9-18-20(10)11-4-6-25-7-5-11)19-26(23,24)12-2-3-13(16(21)22)14(17)8-12/h2-3,8-9,11,19H,4-7H2,1H3,(H,21,22). The van der Waals surface area contributed by atoms with Crippen molar-refractivity contribution in [1.29, 1.82) is 0 Å². The molecule has 0 spiro atoms. The van der Waals surface area contributed by atoms with Gasteiger partial charge < -0.3 is 9.84 Å². The van der Waals surface area contributed by atoms with Gasteiger partial charge in [0.1, 0.15) is 0 Å². The van der Waals surface area contributed by atoms with Gasteiger partial charge >= 0.3 is 5.97 Å². The van der Waals surface area contributed by atoms with Gasteiger partial charge in [0.2, 0.25) is 0 Å². The third-order valence-corrected chi connectivity index (χ3v) is 5.98. The molecule has 0 unspecified atom stereocenters. The summed E-state index contributed by atoms with van der Waals surface area (Å²) in [5, 5.41) is 13.1. The van der Waals surface area contributed by atoms with E-state index in [0.29, 0.717) is 24.6 Å². The third kappa shape index (κ3) is 3.69. The lowest BCUT2D eigenvalue weighted by Gasteiger charge is -2.23. The van der Waals surface area contributed by atoms with Crippen molar-refractivity contribution in [3.05, 3.63) is 40.7 Å². The fourth-order valence-electron chi connectivity index (χ4n) is 2.86. The van der Waals surface area contributed by atoms with E-state index in [2.05, 4.69) is 9.82 Å². The van der Waals surface area contributed by atoms with Gasteiger partial charge in [-0.15, -0.1) is 0 Å². The van der Waals surface area contributed by atoms with Crippen molar-refractivity contribution in [2.75, 3.05) is 17.9 Å². The Balaban J connectivity index is 1.85. The number of sulfonamides is 1. The van der Waals surface area contributed by atoms with Gasteiger partial charge in [-0.3, -0.25) is 9.40 Å². The number of nitrogens with zero attached hydrogens (tertiary/aromatic N) is 2. The Morgan fingerprint density at radius 2 is 2.08 bits per heavy atom. The van der Waals surface area contributed by atoms with Crippen molar-refractivity contribution < 1.29 is 23.1 Å². The number of carboxylic acid groups (broad SMARTS) is 1. The maximum atomic E-state index is 12.6. The molecule has 0 bridgehead atoms. The highest BCUT2D eigenvalue weighted by Gasteiger charge is 2.23. The van der Waals surface area contributed by atoms with Crippen LogP contribution in [0.3, 0.4) is 0 Å². The van der Waals surface area contributed by atoms with Crippen LogP contribution in [-0.4, -0.2) is 42.5 Å². The molecule has 26 heavy (non-hydrogen) atoms. The molecule has 1 aliphatic heterocycles. The topological polar surface area (TPSA) is 111 Å². The number of carbonyl (C=O) groups is 1. The van der Waals surface area contributed by atoms with Crippen LogP contribution in [0.25, 0.3) is 0 Å². The molecule has 2 heterocycles. The highest BCUT2D eigenvalue weighted by Crippen LogP contribution is 2.27. The molecule has 1 saturated heterocycles. The SMILES string of the molecule is Cc1c(NS(=O)(=O)c2ccc(C(=O)O)c(Cl)c2)cnn1C1CCOCC1. The number of aromatic nitrogens is 2. The molecule has 0 saturated carbocycles. The highest BCUT2D eigenvalue weighted by molar-refractivity contribution is 7.92. The Hall–Kier alpha value is -2.10. The first kappa shape index (κ1) is 18.7. The van der Waals surface area contributed by atoms with Crippen LogP contribution in [-0.2, 0) is 14.8 Å². The van der Waals surface area contributed by atoms with E-state index < -0.39 is 16.0 Å². The van der Waals surface area contributed by atoms with Crippen molar-refractivity contribution in [3.8, 4) is 0 Å². The number of aromatic carboxylic acids is 1. The number of anilines is 1. The van der Waals surface area contributed by atoms with Gasteiger partial charge in [-0.1, -0.05) is 11.6 Å². The minimum absolute atomic E-state index is 0.120. The molecule has 0 amide bonds. The van der Waals surface area contributed by atoms with E-state index in [1.165, 1.54) is 12.3 Å². The Bertz CT molecular complexity index is 935. The number of hydrogen-bond acceptors (Lipinski definition) is 5. The monoisotopic (exact) mass is 399 g/mol. The van der Waals surface area contributed by atoms with Crippen molar-refractivity contribution in [3.63, 3.8) is 0 Å². The Morgan fingerprint density at radius 3 is 2.69 bits per heavy atom. The summed E-state index contributed by atoms with van der Waals surface area (Å²) in [4.78, 5) is 10.9. The minimum Gasteiger partial charge on any atom is -0.478 e. The molecular formula is C16H18ClN3O5S. The van der Waals surface area contributed by atoms with Gasteiger partial charge in [-0.2, -0.15) is 5.10 Å². The maximum absolute atomic E-state index is 12.6. The summed E-state index contributed by atoms with van der Waals surface area (Å²) in [5.41, 5.74) is 0.915. The van der Waals surface area contributed by atoms with Crippen molar-refractivity contribution in [1.82, 2.24) is 9.78 Å². The second kappa shape index (κ2) is 7.26. The van der Waals surface area contributed by atoms with Crippen LogP contribution in [0.1, 0.15) is 34.9 Å². The fourth-order valence-corrected chi connectivity index (χ4v) is 4.32. The van der Waals surface area contributed by atoms with Gasteiger partial charge in [0, 0.05) is 13.2 Å². The summed E-state index contributed by atoms with van der Waals surface area (Å²) < 4.78 is 34.8. The predicted octanol–water partition coefficient (Wildman–Crippen LogP) is 2.70. The van der Waals surface area contributed by atoms with Crippen LogP contribution in [0.4, 0.5) is 5.69 Å². The smallest absolute Gasteiger partial charge is 0.337 e. The van der Waals surface area contributed by atoms with E-state index in [1.54, 1.807) is 11.6 Å². The zero-order valence-electron chi connectivity index (χ0n) is 14.0. The first-order valence-electron chi connectivity index (χ1n) is 7.97. The first-order chi connectivity index (χ1) is 12.3. The van der Waals surface area contributed by atoms with Crippen molar-refractivity contribution >= 4 is 33.3 Å². The molecule has 0 atom stereocenters. The fraction of sp³-hybridized carbons (Fsp3) is 0.375. The molecule has 2 aromatic rings. The van der Waals surface area contributed by atoms with Crippen LogP contribution in [0.2, 0.25) is 5.02 Å². The summed E-state index contributed by atoms with van der Waals surface area (Å²) in [6.07, 6.45) is 3.11. The number of benzene rings is 1. The number of rotatable bonds is 5. The van der Waals surface area contributed by atoms with Crippen LogP contribution < -0.4 is 4.72 Å². The number of hydrogen-bond donors (Lipinski definition) is 2. The molecule has 2 N–H and O–H groups in total. The highest BCUT2D eigenvalue weighted by atomic mass is 35.5. The zero-order valence-corrected chi connectivity index (χ0v) is 15.5. The molecule has 1 aromatic heterocycles. The summed E-state index contributed by atoms with van der Waals surface area (Å²) in [6.45, 7) is 3.10. The van der Waals surface area contributed by atoms with E-state index in [1.807, 2.05) is 0 Å². The lowest BCUT2D eigenvalue weighted by atomic mass is 10.1. The predicted molar refractivity (Wildman–Crippen MR) is 95.3 cm³/mol. The molecule has 1 aliphatic rings. The maximum Gasteiger partial charge on any atom is 0.337 e. The summed E-state index contributed by atoms with van der Waals surface area (Å²) >= 11 is 5.87. The van der Waals surface area contributed by atoms with E-state index >= 15 is 0 Å². The summed E-state index contributed by atoms with van der Waals surface area (Å²) in [5.74, 6) is -1.22. The van der Waals surface area contributed by atoms with Gasteiger partial charge in [-0.05, 0) is 38.0 Å². The van der Waals surface area contributed by atoms with E-state index in [0.717, 1.165) is 25.0 Å². The van der Waals surface area contributed by atoms with Crippen LogP contribution in [0, 0.1) is 6.92 Å². The number of halogens is 1. The Kier molecular flexibility index (Phi) is 5.22. The van der Waals surface area contributed by atoms with E-state index in [4.69, 9.17) is 21.4 Å². The van der Waals surface area contributed by atoms with Crippen LogP contribution >= 0.6 is 11.6 Å². The molecule has 10 heteroatoms. The largest absolute Gasteiger partial charge is 0.478 e. The molecule has 140 valence electrons. The van der Waals surface area contributed by atoms with Crippen molar-refractivity contribution in [2.45, 2.75) is 30.7 Å². The van der Waals surface area contributed by atoms with Crippen LogP contribution in [0.15, 0.2) is 29.3 Å². The quantitative estimate of drug-likeness (QED) is 0.799. The average molecular weight is 400 g/mol. The average Bonchev–Trinajstić information content (AvgIpc) is 2.95. The van der Waals surface area contributed by atoms with Gasteiger partial charge in [0.25, 0.3) is 10.0 Å². The molecule has 1 aromatic carbocycles. The number of nitrogens with one attached hydrogen (secondary N) is 1. The van der Waals surface area contributed by atoms with Crippen molar-refractivity contribution in [2.24, 2.45) is 0 Å². The summed E-state index contributed by atoms with van der Waals surface area (Å²) in [7, 11) is -3.92. The molecule has 0 radical (unpaired) electrons. The number of carboxylic acids is 1. The molecule has 8 nitrogen and oxygen atoms in total. The second-order valence-corrected chi connectivity index (χ2v) is 8.07. The lowest BCUT2D eigenvalue weighted by molar-refractivity contribution is 0.0657. The Labute approximate surface area is 155 Å². The third-order valence-electron chi connectivity index (χ3n) is 4.31. The summed E-state index contributed by atoms with van der Waals surface area (Å²) in [6, 6.07) is 3.66. The van der Waals surface area contributed by atoms with Gasteiger partial charge in [0.05, 0.1) is 39.1 Å². The number of ether oxygens (including phenoxy) is 1. The molecule has 3 rings (SSSR count). The minimum atomic E-state index is -3.92. The molecule has 1 fully saturated rings. The Morgan fingerprint density at radius 1 is 1.38 bits per heavy atom. The zero-order chi connectivity index (χ0) is 18.9. The van der Waals surface area contributed by atoms with Gasteiger partial charge in [0.15, 0.2) is 0 Å². The van der Waals surface area contributed by atoms with Gasteiger partial charge in [-0.25, -0.2) is 13.2 Å². The van der Waals surface area contributed by atoms with E-state index in [9.17, 15) is 13.2 Å². The lowest BCUT2D eigenvalue weighted by Crippen LogP contribution is -2.21. The van der Waals surface area contributed by atoms with Crippen LogP contribution in [0.5, 0.6) is 0 Å². The first-order valence-corrected chi connectivity index (χ1v) is 9.83. The second-order valence-electron chi connectivity index (χ2n) is 5.98. The normalized spacial score (nSPS) is 15.8. The van der Waals surface area contributed by atoms with E-state index in [-0.39, 0.29) is 21.5 Å². The molecular weight excluding hydrogens is 382 g/mol.